The van der Waals surface area contributed by atoms with Gasteiger partial charge in [0.1, 0.15) is 11.6 Å². The van der Waals surface area contributed by atoms with Gasteiger partial charge in [-0.15, -0.1) is 0 Å². The van der Waals surface area contributed by atoms with Gasteiger partial charge in [0.15, 0.2) is 5.82 Å². The van der Waals surface area contributed by atoms with Crippen LogP contribution in [0.3, 0.4) is 0 Å². The number of pyridine rings is 1. The first-order valence-electron chi connectivity index (χ1n) is 8.81. The second-order valence-electron chi connectivity index (χ2n) is 7.67. The van der Waals surface area contributed by atoms with Gasteiger partial charge >= 0.3 is 0 Å². The van der Waals surface area contributed by atoms with Gasteiger partial charge in [-0.2, -0.15) is 0 Å². The zero-order chi connectivity index (χ0) is 19.6. The van der Waals surface area contributed by atoms with Crippen molar-refractivity contribution in [1.82, 2.24) is 10.1 Å². The molecular formula is C21H24N4O2. The maximum Gasteiger partial charge on any atom is 0.230 e. The third-order valence-corrected chi connectivity index (χ3v) is 4.28. The molecule has 27 heavy (non-hydrogen) atoms. The summed E-state index contributed by atoms with van der Waals surface area (Å²) in [6.45, 7) is 8.08. The molecule has 140 valence electrons. The maximum atomic E-state index is 12.3. The Labute approximate surface area is 158 Å². The van der Waals surface area contributed by atoms with Crippen molar-refractivity contribution in [2.75, 3.05) is 11.1 Å². The van der Waals surface area contributed by atoms with Gasteiger partial charge in [-0.25, -0.2) is 4.98 Å². The van der Waals surface area contributed by atoms with Crippen LogP contribution in [0, 0.1) is 6.92 Å². The largest absolute Gasteiger partial charge is 0.384 e. The average molecular weight is 364 g/mol. The molecule has 3 N–H and O–H groups in total. The number of amides is 1. The molecular weight excluding hydrogens is 340 g/mol. The maximum absolute atomic E-state index is 12.3. The normalized spacial score (nSPS) is 11.4. The molecule has 6 nitrogen and oxygen atoms in total. The molecule has 0 spiro atoms. The lowest BCUT2D eigenvalue weighted by Crippen LogP contribution is -2.14. The second-order valence-corrected chi connectivity index (χ2v) is 7.67. The van der Waals surface area contributed by atoms with Crippen LogP contribution in [-0.2, 0) is 16.6 Å². The highest BCUT2D eigenvalue weighted by molar-refractivity contribution is 5.91. The Morgan fingerprint density at radius 2 is 1.89 bits per heavy atom. The minimum atomic E-state index is -0.152. The molecule has 0 unspecified atom stereocenters. The van der Waals surface area contributed by atoms with E-state index >= 15 is 0 Å². The number of nitrogens with two attached hydrogens (primary N) is 1. The number of carbonyl (C=O) groups is 1. The van der Waals surface area contributed by atoms with E-state index in [1.54, 1.807) is 12.3 Å². The predicted octanol–water partition coefficient (Wildman–Crippen LogP) is 4.11. The number of nitrogens with one attached hydrogen (secondary N) is 1. The number of rotatable bonds is 4. The van der Waals surface area contributed by atoms with Gasteiger partial charge in [0.05, 0.1) is 6.42 Å². The van der Waals surface area contributed by atoms with Crippen molar-refractivity contribution in [3.63, 3.8) is 0 Å². The summed E-state index contributed by atoms with van der Waals surface area (Å²) >= 11 is 0. The molecule has 2 heterocycles. The molecule has 0 saturated carbocycles. The standard InChI is InChI=1S/C21H24N4O2/c1-13-9-18(22)23-12-16(13)15-7-5-14(6-8-15)10-20(26)24-19-11-17(27-25-19)21(2,3)4/h5-9,11-12H,10H2,1-4H3,(H2,22,23)(H,24,25,26). The van der Waals surface area contributed by atoms with Crippen LogP contribution in [-0.4, -0.2) is 16.0 Å². The number of aryl methyl sites for hydroxylation is 1. The van der Waals surface area contributed by atoms with Crippen LogP contribution < -0.4 is 11.1 Å². The molecule has 0 aliphatic heterocycles. The van der Waals surface area contributed by atoms with Crippen molar-refractivity contribution < 1.29 is 9.32 Å². The van der Waals surface area contributed by atoms with Gasteiger partial charge in [0.2, 0.25) is 5.91 Å². The second kappa shape index (κ2) is 7.23. The fraction of sp³-hybridized carbons (Fsp3) is 0.286. The fourth-order valence-electron chi connectivity index (χ4n) is 2.74. The first-order valence-corrected chi connectivity index (χ1v) is 8.81. The number of anilines is 2. The van der Waals surface area contributed by atoms with Crippen LogP contribution >= 0.6 is 0 Å². The summed E-state index contributed by atoms with van der Waals surface area (Å²) in [6, 6.07) is 11.5. The number of aromatic nitrogens is 2. The minimum Gasteiger partial charge on any atom is -0.384 e. The number of benzene rings is 1. The zero-order valence-electron chi connectivity index (χ0n) is 16.0. The van der Waals surface area contributed by atoms with E-state index in [2.05, 4.69) is 15.5 Å². The predicted molar refractivity (Wildman–Crippen MR) is 106 cm³/mol. The molecule has 0 radical (unpaired) electrons. The number of nitrogen functional groups attached to an aromatic ring is 1. The van der Waals surface area contributed by atoms with E-state index in [0.29, 0.717) is 11.6 Å². The summed E-state index contributed by atoms with van der Waals surface area (Å²) in [5, 5.41) is 6.69. The lowest BCUT2D eigenvalue weighted by Gasteiger charge is -2.12. The molecule has 3 aromatic rings. The first kappa shape index (κ1) is 18.6. The summed E-state index contributed by atoms with van der Waals surface area (Å²) in [4.78, 5) is 16.4. The smallest absolute Gasteiger partial charge is 0.230 e. The monoisotopic (exact) mass is 364 g/mol. The molecule has 0 saturated heterocycles. The van der Waals surface area contributed by atoms with Gasteiger partial charge in [-0.1, -0.05) is 50.2 Å². The third-order valence-electron chi connectivity index (χ3n) is 4.28. The SMILES string of the molecule is Cc1cc(N)ncc1-c1ccc(CC(=O)Nc2cc(C(C)(C)C)on2)cc1. The van der Waals surface area contributed by atoms with Gasteiger partial charge in [-0.3, -0.25) is 4.79 Å². The summed E-state index contributed by atoms with van der Waals surface area (Å²) in [7, 11) is 0. The molecule has 1 amide bonds. The first-order chi connectivity index (χ1) is 12.7. The topological polar surface area (TPSA) is 94.0 Å². The highest BCUT2D eigenvalue weighted by Gasteiger charge is 2.20. The number of hydrogen-bond donors (Lipinski definition) is 2. The average Bonchev–Trinajstić information content (AvgIpc) is 3.04. The van der Waals surface area contributed by atoms with E-state index < -0.39 is 0 Å². The van der Waals surface area contributed by atoms with Gasteiger partial charge in [-0.05, 0) is 29.7 Å². The van der Waals surface area contributed by atoms with Gasteiger partial charge < -0.3 is 15.6 Å². The number of hydrogen-bond acceptors (Lipinski definition) is 5. The van der Waals surface area contributed by atoms with Crippen LogP contribution in [0.25, 0.3) is 11.1 Å². The third kappa shape index (κ3) is 4.53. The van der Waals surface area contributed by atoms with Crippen LogP contribution in [0.1, 0.15) is 37.7 Å². The Balaban J connectivity index is 1.66. The Kier molecular flexibility index (Phi) is 4.99. The van der Waals surface area contributed by atoms with Gasteiger partial charge in [0, 0.05) is 23.2 Å². The molecule has 0 atom stereocenters. The van der Waals surface area contributed by atoms with Crippen molar-refractivity contribution in [2.24, 2.45) is 0 Å². The lowest BCUT2D eigenvalue weighted by molar-refractivity contribution is -0.115. The van der Waals surface area contributed by atoms with Crippen LogP contribution in [0.4, 0.5) is 11.6 Å². The van der Waals surface area contributed by atoms with Crippen molar-refractivity contribution in [2.45, 2.75) is 39.5 Å². The molecule has 1 aromatic carbocycles. The van der Waals surface area contributed by atoms with E-state index in [-0.39, 0.29) is 17.7 Å². The highest BCUT2D eigenvalue weighted by atomic mass is 16.5. The Morgan fingerprint density at radius 1 is 1.19 bits per heavy atom. The molecule has 0 aliphatic carbocycles. The quantitative estimate of drug-likeness (QED) is 0.727. The van der Waals surface area contributed by atoms with Crippen molar-refractivity contribution >= 4 is 17.5 Å². The zero-order valence-corrected chi connectivity index (χ0v) is 16.0. The number of carbonyl (C=O) groups excluding carboxylic acids is 1. The summed E-state index contributed by atoms with van der Waals surface area (Å²) < 4.78 is 5.28. The van der Waals surface area contributed by atoms with E-state index in [1.165, 1.54) is 0 Å². The Morgan fingerprint density at radius 3 is 2.48 bits per heavy atom. The number of nitrogens with zero attached hydrogens (tertiary/aromatic N) is 2. The summed E-state index contributed by atoms with van der Waals surface area (Å²) in [6.07, 6.45) is 2.03. The van der Waals surface area contributed by atoms with E-state index in [9.17, 15) is 4.79 Å². The molecule has 0 aliphatic rings. The van der Waals surface area contributed by atoms with Crippen LogP contribution in [0.15, 0.2) is 47.1 Å². The fourth-order valence-corrected chi connectivity index (χ4v) is 2.74. The molecule has 2 aromatic heterocycles. The van der Waals surface area contributed by atoms with E-state index in [4.69, 9.17) is 10.3 Å². The molecule has 0 bridgehead atoms. The molecule has 6 heteroatoms. The molecule has 3 rings (SSSR count). The Hall–Kier alpha value is -3.15. The Bertz CT molecular complexity index is 953. The minimum absolute atomic E-state index is 0.137. The van der Waals surface area contributed by atoms with Crippen LogP contribution in [0.5, 0.6) is 0 Å². The van der Waals surface area contributed by atoms with E-state index in [1.807, 2.05) is 58.0 Å². The highest BCUT2D eigenvalue weighted by Crippen LogP contribution is 2.25. The van der Waals surface area contributed by atoms with Gasteiger partial charge in [0.25, 0.3) is 0 Å². The lowest BCUT2D eigenvalue weighted by atomic mass is 9.93. The molecule has 0 fully saturated rings. The van der Waals surface area contributed by atoms with Crippen LogP contribution in [0.2, 0.25) is 0 Å². The van der Waals surface area contributed by atoms with Crippen molar-refractivity contribution in [3.8, 4) is 11.1 Å². The van der Waals surface area contributed by atoms with E-state index in [0.717, 1.165) is 28.0 Å². The van der Waals surface area contributed by atoms with Crippen molar-refractivity contribution in [3.05, 3.63) is 59.5 Å². The summed E-state index contributed by atoms with van der Waals surface area (Å²) in [5.41, 5.74) is 9.59. The van der Waals surface area contributed by atoms with Crippen molar-refractivity contribution in [1.29, 1.82) is 0 Å². The summed E-state index contributed by atoms with van der Waals surface area (Å²) in [5.74, 6) is 1.54.